The number of benzene rings is 1. The van der Waals surface area contributed by atoms with Crippen LogP contribution in [-0.4, -0.2) is 23.3 Å². The number of halogens is 3. The van der Waals surface area contributed by atoms with Gasteiger partial charge in [-0.15, -0.1) is 13.2 Å². The largest absolute Gasteiger partial charge is 0.573 e. The number of hydrogen-bond donors (Lipinski definition) is 1. The average molecular weight is 304 g/mol. The maximum atomic E-state index is 12.2. The Morgan fingerprint density at radius 1 is 1.35 bits per heavy atom. The van der Waals surface area contributed by atoms with E-state index in [-0.39, 0.29) is 11.8 Å². The van der Waals surface area contributed by atoms with E-state index in [1.807, 2.05) is 6.92 Å². The molecule has 3 nitrogen and oxygen atoms in total. The molecule has 0 fully saturated rings. The minimum absolute atomic E-state index is 0.202. The lowest BCUT2D eigenvalue weighted by Gasteiger charge is -2.23. The molecule has 1 N–H and O–H groups in total. The van der Waals surface area contributed by atoms with Crippen LogP contribution < -0.4 is 10.1 Å². The molecule has 1 aromatic rings. The lowest BCUT2D eigenvalue weighted by atomic mass is 10.1. The Morgan fingerprint density at radius 2 is 2.10 bits per heavy atom. The molecule has 1 aliphatic heterocycles. The van der Waals surface area contributed by atoms with E-state index in [2.05, 4.69) is 22.0 Å². The molecule has 0 aliphatic carbocycles. The zero-order valence-electron chi connectivity index (χ0n) is 11.1. The van der Waals surface area contributed by atoms with Crippen molar-refractivity contribution in [1.82, 2.24) is 0 Å². The van der Waals surface area contributed by atoms with E-state index in [1.54, 1.807) is 17.8 Å². The van der Waals surface area contributed by atoms with Crippen molar-refractivity contribution < 1.29 is 17.9 Å². The van der Waals surface area contributed by atoms with Gasteiger partial charge in [-0.1, -0.05) is 24.8 Å². The van der Waals surface area contributed by atoms with Crippen LogP contribution in [-0.2, 0) is 0 Å². The first kappa shape index (κ1) is 15.0. The normalized spacial score (nSPS) is 23.1. The molecular weight excluding hydrogens is 289 g/mol. The van der Waals surface area contributed by atoms with Gasteiger partial charge in [-0.3, -0.25) is 4.99 Å². The summed E-state index contributed by atoms with van der Waals surface area (Å²) in [5.74, 6) is 1.18. The van der Waals surface area contributed by atoms with Crippen molar-refractivity contribution in [3.8, 4) is 5.75 Å². The minimum Gasteiger partial charge on any atom is -0.406 e. The highest BCUT2D eigenvalue weighted by Crippen LogP contribution is 2.27. The molecule has 2 atom stereocenters. The molecule has 7 heteroatoms. The Kier molecular flexibility index (Phi) is 4.47. The van der Waals surface area contributed by atoms with Crippen molar-refractivity contribution in [3.05, 3.63) is 24.3 Å². The molecule has 2 rings (SSSR count). The lowest BCUT2D eigenvalue weighted by Crippen LogP contribution is -2.25. The molecule has 2 unspecified atom stereocenters. The standard InChI is InChI=1S/C13H15F3N2OS/c1-8-7-20-12(17-9(8)2)18-10-4-3-5-11(6-10)19-13(14,15)16/h3-6,8-9H,7H2,1-2H3,(H,17,18). The van der Waals surface area contributed by atoms with E-state index < -0.39 is 6.36 Å². The number of amidine groups is 1. The first-order valence-corrected chi connectivity index (χ1v) is 7.15. The van der Waals surface area contributed by atoms with Crippen LogP contribution >= 0.6 is 11.8 Å². The van der Waals surface area contributed by atoms with Crippen molar-refractivity contribution in [2.75, 3.05) is 11.1 Å². The maximum Gasteiger partial charge on any atom is 0.573 e. The number of rotatable bonds is 2. The summed E-state index contributed by atoms with van der Waals surface area (Å²) in [6.45, 7) is 4.14. The predicted octanol–water partition coefficient (Wildman–Crippen LogP) is 4.12. The number of nitrogens with zero attached hydrogens (tertiary/aromatic N) is 1. The van der Waals surface area contributed by atoms with Crippen LogP contribution in [0.1, 0.15) is 13.8 Å². The Morgan fingerprint density at radius 3 is 2.75 bits per heavy atom. The molecule has 0 saturated carbocycles. The Labute approximate surface area is 119 Å². The summed E-state index contributed by atoms with van der Waals surface area (Å²) in [7, 11) is 0. The fraction of sp³-hybridized carbons (Fsp3) is 0.462. The number of alkyl halides is 3. The minimum atomic E-state index is -4.68. The van der Waals surface area contributed by atoms with Crippen LogP contribution in [0.2, 0.25) is 0 Å². The first-order chi connectivity index (χ1) is 9.33. The summed E-state index contributed by atoms with van der Waals surface area (Å²) in [6, 6.07) is 5.95. The quantitative estimate of drug-likeness (QED) is 0.892. The van der Waals surface area contributed by atoms with Gasteiger partial charge in [0.15, 0.2) is 5.17 Å². The van der Waals surface area contributed by atoms with Crippen molar-refractivity contribution in [1.29, 1.82) is 0 Å². The highest BCUT2D eigenvalue weighted by Gasteiger charge is 2.31. The molecule has 0 amide bonds. The third kappa shape index (κ3) is 4.33. The van der Waals surface area contributed by atoms with Gasteiger partial charge in [0.25, 0.3) is 0 Å². The fourth-order valence-electron chi connectivity index (χ4n) is 1.66. The van der Waals surface area contributed by atoms with Gasteiger partial charge in [-0.25, -0.2) is 0 Å². The summed E-state index contributed by atoms with van der Waals surface area (Å²) in [4.78, 5) is 4.47. The predicted molar refractivity (Wildman–Crippen MR) is 75.3 cm³/mol. The third-order valence-corrected chi connectivity index (χ3v) is 4.12. The second-order valence-electron chi connectivity index (χ2n) is 4.66. The Bertz CT molecular complexity index is 505. The van der Waals surface area contributed by atoms with E-state index in [0.29, 0.717) is 11.6 Å². The van der Waals surface area contributed by atoms with Gasteiger partial charge in [0.2, 0.25) is 0 Å². The van der Waals surface area contributed by atoms with Crippen LogP contribution in [0.3, 0.4) is 0 Å². The van der Waals surface area contributed by atoms with Crippen LogP contribution in [0.4, 0.5) is 18.9 Å². The van der Waals surface area contributed by atoms with Gasteiger partial charge in [0.05, 0.1) is 6.04 Å². The van der Waals surface area contributed by atoms with Crippen molar-refractivity contribution in [2.45, 2.75) is 26.3 Å². The van der Waals surface area contributed by atoms with E-state index in [0.717, 1.165) is 10.9 Å². The monoisotopic (exact) mass is 304 g/mol. The van der Waals surface area contributed by atoms with Crippen LogP contribution in [0, 0.1) is 5.92 Å². The number of aliphatic imine (C=N–C) groups is 1. The Hall–Kier alpha value is -1.37. The van der Waals surface area contributed by atoms with Gasteiger partial charge in [0.1, 0.15) is 5.75 Å². The molecule has 1 aromatic carbocycles. The molecule has 0 saturated heterocycles. The molecule has 1 aliphatic rings. The second kappa shape index (κ2) is 5.95. The number of thioether (sulfide) groups is 1. The van der Waals surface area contributed by atoms with E-state index in [9.17, 15) is 13.2 Å². The van der Waals surface area contributed by atoms with Crippen LogP contribution in [0.15, 0.2) is 29.3 Å². The van der Waals surface area contributed by atoms with Gasteiger partial charge >= 0.3 is 6.36 Å². The van der Waals surface area contributed by atoms with E-state index >= 15 is 0 Å². The van der Waals surface area contributed by atoms with Gasteiger partial charge in [0, 0.05) is 17.5 Å². The zero-order chi connectivity index (χ0) is 14.8. The Balaban J connectivity index is 2.07. The number of hydrogen-bond acceptors (Lipinski definition) is 4. The summed E-state index contributed by atoms with van der Waals surface area (Å²) < 4.78 is 40.3. The van der Waals surface area contributed by atoms with Crippen molar-refractivity contribution in [2.24, 2.45) is 10.9 Å². The van der Waals surface area contributed by atoms with Gasteiger partial charge < -0.3 is 10.1 Å². The topological polar surface area (TPSA) is 33.6 Å². The van der Waals surface area contributed by atoms with Gasteiger partial charge in [-0.05, 0) is 25.0 Å². The average Bonchev–Trinajstić information content (AvgIpc) is 2.32. The molecule has 110 valence electrons. The van der Waals surface area contributed by atoms with Crippen LogP contribution in [0.25, 0.3) is 0 Å². The summed E-state index contributed by atoms with van der Waals surface area (Å²) >= 11 is 1.56. The summed E-state index contributed by atoms with van der Waals surface area (Å²) in [6.07, 6.45) is -4.68. The fourth-order valence-corrected chi connectivity index (χ4v) is 2.79. The molecule has 20 heavy (non-hydrogen) atoms. The second-order valence-corrected chi connectivity index (χ2v) is 5.67. The van der Waals surface area contributed by atoms with Gasteiger partial charge in [-0.2, -0.15) is 0 Å². The highest BCUT2D eigenvalue weighted by molar-refractivity contribution is 8.14. The first-order valence-electron chi connectivity index (χ1n) is 6.17. The molecular formula is C13H15F3N2OS. The number of anilines is 1. The number of nitrogens with one attached hydrogen (secondary N) is 1. The smallest absolute Gasteiger partial charge is 0.406 e. The van der Waals surface area contributed by atoms with Crippen molar-refractivity contribution in [3.63, 3.8) is 0 Å². The molecule has 0 bridgehead atoms. The summed E-state index contributed by atoms with van der Waals surface area (Å²) in [5, 5.41) is 3.75. The summed E-state index contributed by atoms with van der Waals surface area (Å²) in [5.41, 5.74) is 0.528. The molecule has 1 heterocycles. The highest BCUT2D eigenvalue weighted by atomic mass is 32.2. The van der Waals surface area contributed by atoms with Crippen LogP contribution in [0.5, 0.6) is 5.75 Å². The van der Waals surface area contributed by atoms with E-state index in [1.165, 1.54) is 18.2 Å². The molecule has 0 spiro atoms. The maximum absolute atomic E-state index is 12.2. The molecule has 0 radical (unpaired) electrons. The molecule has 0 aromatic heterocycles. The zero-order valence-corrected chi connectivity index (χ0v) is 11.9. The van der Waals surface area contributed by atoms with E-state index in [4.69, 9.17) is 0 Å². The SMILES string of the molecule is CC1CSC(Nc2cccc(OC(F)(F)F)c2)=NC1C. The van der Waals surface area contributed by atoms with Crippen molar-refractivity contribution >= 4 is 22.6 Å². The number of ether oxygens (including phenoxy) is 1. The third-order valence-electron chi connectivity index (χ3n) is 2.95. The lowest BCUT2D eigenvalue weighted by molar-refractivity contribution is -0.274.